The number of anilines is 2. The lowest BCUT2D eigenvalue weighted by atomic mass is 9.88. The Labute approximate surface area is 183 Å². The van der Waals surface area contributed by atoms with Gasteiger partial charge in [0.25, 0.3) is 5.69 Å². The third-order valence-corrected chi connectivity index (χ3v) is 6.45. The first-order valence-electron chi connectivity index (χ1n) is 10.1. The van der Waals surface area contributed by atoms with Gasteiger partial charge in [0.2, 0.25) is 11.8 Å². The van der Waals surface area contributed by atoms with Crippen molar-refractivity contribution in [2.75, 3.05) is 16.9 Å². The number of methoxy groups -OCH3 is 1. The summed E-state index contributed by atoms with van der Waals surface area (Å²) in [5.74, 6) is -2.80. The number of carbonyl (C=O) groups excluding carboxylic acids is 3. The highest BCUT2D eigenvalue weighted by Crippen LogP contribution is 2.50. The summed E-state index contributed by atoms with van der Waals surface area (Å²) in [6.45, 7) is 1.42. The molecule has 2 fully saturated rings. The van der Waals surface area contributed by atoms with Crippen molar-refractivity contribution >= 4 is 40.7 Å². The minimum absolute atomic E-state index is 0.0140. The number of imide groups is 1. The van der Waals surface area contributed by atoms with Crippen LogP contribution in [0.1, 0.15) is 12.5 Å². The normalized spacial score (nSPS) is 25.4. The van der Waals surface area contributed by atoms with Gasteiger partial charge in [0.15, 0.2) is 5.78 Å². The SMILES string of the molecule is COc1ccc([N+](=O)[O-])cc1N1C(=O)[C@@H]2[C@H](C1=O)[C@H](C(C)=O)N1c3ccccc3C=C[C@H]21. The second-order valence-electron chi connectivity index (χ2n) is 8.05. The summed E-state index contributed by atoms with van der Waals surface area (Å²) < 4.78 is 5.28. The van der Waals surface area contributed by atoms with Crippen LogP contribution >= 0.6 is 0 Å². The lowest BCUT2D eigenvalue weighted by Gasteiger charge is -2.36. The molecule has 3 aliphatic heterocycles. The predicted octanol–water partition coefficient (Wildman–Crippen LogP) is 2.58. The van der Waals surface area contributed by atoms with Gasteiger partial charge in [-0.1, -0.05) is 30.4 Å². The van der Waals surface area contributed by atoms with Crippen molar-refractivity contribution in [3.8, 4) is 5.75 Å². The first-order valence-corrected chi connectivity index (χ1v) is 10.1. The first-order chi connectivity index (χ1) is 15.3. The van der Waals surface area contributed by atoms with Crippen LogP contribution in [-0.4, -0.2) is 41.7 Å². The van der Waals surface area contributed by atoms with E-state index in [0.717, 1.165) is 22.2 Å². The molecule has 0 aliphatic carbocycles. The Balaban J connectivity index is 1.64. The number of carbonyl (C=O) groups is 3. The second-order valence-corrected chi connectivity index (χ2v) is 8.05. The fraction of sp³-hybridized carbons (Fsp3) is 0.261. The molecule has 2 aromatic carbocycles. The zero-order chi connectivity index (χ0) is 22.7. The molecule has 3 heterocycles. The molecular formula is C23H19N3O6. The van der Waals surface area contributed by atoms with E-state index in [2.05, 4.69) is 0 Å². The highest BCUT2D eigenvalue weighted by molar-refractivity contribution is 6.25. The topological polar surface area (TPSA) is 110 Å². The third kappa shape index (κ3) is 2.60. The molecule has 0 radical (unpaired) electrons. The quantitative estimate of drug-likeness (QED) is 0.414. The fourth-order valence-electron chi connectivity index (χ4n) is 5.18. The van der Waals surface area contributed by atoms with E-state index >= 15 is 0 Å². The summed E-state index contributed by atoms with van der Waals surface area (Å²) in [6.07, 6.45) is 3.74. The molecule has 5 rings (SSSR count). The van der Waals surface area contributed by atoms with Crippen LogP contribution in [0.3, 0.4) is 0 Å². The van der Waals surface area contributed by atoms with E-state index in [0.29, 0.717) is 0 Å². The van der Waals surface area contributed by atoms with E-state index in [1.807, 2.05) is 41.3 Å². The number of rotatable bonds is 4. The summed E-state index contributed by atoms with van der Waals surface area (Å²) >= 11 is 0. The fourth-order valence-corrected chi connectivity index (χ4v) is 5.18. The molecule has 4 atom stereocenters. The average molecular weight is 433 g/mol. The number of hydrogen-bond acceptors (Lipinski definition) is 7. The smallest absolute Gasteiger partial charge is 0.271 e. The van der Waals surface area contributed by atoms with Gasteiger partial charge >= 0.3 is 0 Å². The van der Waals surface area contributed by atoms with Crippen LogP contribution in [0, 0.1) is 22.0 Å². The number of non-ortho nitro benzene ring substituents is 1. The molecule has 0 saturated carbocycles. The zero-order valence-corrected chi connectivity index (χ0v) is 17.3. The molecule has 2 aromatic rings. The summed E-state index contributed by atoms with van der Waals surface area (Å²) in [5, 5.41) is 11.3. The van der Waals surface area contributed by atoms with Gasteiger partial charge in [0, 0.05) is 17.8 Å². The molecule has 2 saturated heterocycles. The van der Waals surface area contributed by atoms with Crippen LogP contribution in [0.5, 0.6) is 5.75 Å². The van der Waals surface area contributed by atoms with Crippen LogP contribution in [0.4, 0.5) is 17.1 Å². The zero-order valence-electron chi connectivity index (χ0n) is 17.3. The number of hydrogen-bond donors (Lipinski definition) is 0. The van der Waals surface area contributed by atoms with E-state index in [-0.39, 0.29) is 22.9 Å². The summed E-state index contributed by atoms with van der Waals surface area (Å²) in [7, 11) is 1.36. The molecule has 3 aliphatic rings. The Bertz CT molecular complexity index is 1220. The van der Waals surface area contributed by atoms with Crippen LogP contribution in [0.25, 0.3) is 6.08 Å². The number of nitro groups is 1. The molecular weight excluding hydrogens is 414 g/mol. The average Bonchev–Trinajstić information content (AvgIpc) is 3.26. The maximum Gasteiger partial charge on any atom is 0.271 e. The molecule has 0 bridgehead atoms. The molecule has 9 heteroatoms. The molecule has 2 amide bonds. The lowest BCUT2D eigenvalue weighted by molar-refractivity contribution is -0.384. The number of nitro benzene ring substituents is 1. The predicted molar refractivity (Wildman–Crippen MR) is 115 cm³/mol. The minimum atomic E-state index is -0.898. The van der Waals surface area contributed by atoms with E-state index in [1.54, 1.807) is 0 Å². The van der Waals surface area contributed by atoms with Gasteiger partial charge < -0.3 is 9.64 Å². The Morgan fingerprint density at radius 1 is 1.06 bits per heavy atom. The van der Waals surface area contributed by atoms with Crippen LogP contribution in [-0.2, 0) is 14.4 Å². The molecule has 0 N–H and O–H groups in total. The Hall–Kier alpha value is -4.01. The number of amides is 2. The number of nitrogens with zero attached hydrogens (tertiary/aromatic N) is 3. The molecule has 162 valence electrons. The van der Waals surface area contributed by atoms with Gasteiger partial charge in [-0.05, 0) is 24.6 Å². The monoisotopic (exact) mass is 433 g/mol. The van der Waals surface area contributed by atoms with Crippen LogP contribution < -0.4 is 14.5 Å². The number of ketones is 1. The highest BCUT2D eigenvalue weighted by atomic mass is 16.6. The molecule has 0 spiro atoms. The molecule has 0 unspecified atom stereocenters. The number of ether oxygens (including phenoxy) is 1. The van der Waals surface area contributed by atoms with Gasteiger partial charge in [-0.15, -0.1) is 0 Å². The van der Waals surface area contributed by atoms with E-state index < -0.39 is 40.7 Å². The van der Waals surface area contributed by atoms with Gasteiger partial charge in [0.1, 0.15) is 17.5 Å². The van der Waals surface area contributed by atoms with Gasteiger partial charge in [0.05, 0.1) is 29.9 Å². The first kappa shape index (κ1) is 19.9. The lowest BCUT2D eigenvalue weighted by Crippen LogP contribution is -2.48. The van der Waals surface area contributed by atoms with Crippen LogP contribution in [0.2, 0.25) is 0 Å². The maximum atomic E-state index is 13.6. The number of benzene rings is 2. The number of Topliss-reactive ketones (excluding diaryl/α,β-unsaturated/α-hetero) is 1. The Kier molecular flexibility index (Phi) is 4.37. The van der Waals surface area contributed by atoms with Crippen molar-refractivity contribution < 1.29 is 24.0 Å². The number of para-hydroxylation sites is 1. The second kappa shape index (κ2) is 7.01. The third-order valence-electron chi connectivity index (χ3n) is 6.45. The Morgan fingerprint density at radius 2 is 1.78 bits per heavy atom. The van der Waals surface area contributed by atoms with Crippen molar-refractivity contribution in [1.82, 2.24) is 0 Å². The van der Waals surface area contributed by atoms with Gasteiger partial charge in [-0.25, -0.2) is 4.90 Å². The van der Waals surface area contributed by atoms with Crippen molar-refractivity contribution in [1.29, 1.82) is 0 Å². The van der Waals surface area contributed by atoms with Gasteiger partial charge in [-0.3, -0.25) is 24.5 Å². The highest BCUT2D eigenvalue weighted by Gasteiger charge is 2.64. The van der Waals surface area contributed by atoms with Crippen molar-refractivity contribution in [3.05, 3.63) is 64.2 Å². The Morgan fingerprint density at radius 3 is 2.47 bits per heavy atom. The van der Waals surface area contributed by atoms with Crippen molar-refractivity contribution in [2.45, 2.75) is 19.0 Å². The summed E-state index contributed by atoms with van der Waals surface area (Å²) in [6, 6.07) is 9.98. The standard InChI is InChI=1S/C23H19N3O6/c1-12(27)21-20-19(16-9-7-13-5-3-4-6-15(13)24(16)21)22(28)25(23(20)29)17-11-14(26(30)31)8-10-18(17)32-2/h3-11,16,19-21H,1-2H3/t16-,19+,20+,21+/m1/s1. The van der Waals surface area contributed by atoms with Crippen molar-refractivity contribution in [2.24, 2.45) is 11.8 Å². The summed E-state index contributed by atoms with van der Waals surface area (Å²) in [4.78, 5) is 53.4. The van der Waals surface area contributed by atoms with Crippen LogP contribution in [0.15, 0.2) is 48.5 Å². The summed E-state index contributed by atoms with van der Waals surface area (Å²) in [5.41, 5.74) is 1.46. The minimum Gasteiger partial charge on any atom is -0.495 e. The molecule has 9 nitrogen and oxygen atoms in total. The van der Waals surface area contributed by atoms with E-state index in [4.69, 9.17) is 4.74 Å². The van der Waals surface area contributed by atoms with Crippen molar-refractivity contribution in [3.63, 3.8) is 0 Å². The van der Waals surface area contributed by atoms with E-state index in [9.17, 15) is 24.5 Å². The maximum absolute atomic E-state index is 13.6. The number of fused-ring (bicyclic) bond motifs is 5. The molecule has 32 heavy (non-hydrogen) atoms. The van der Waals surface area contributed by atoms with E-state index in [1.165, 1.54) is 26.2 Å². The largest absolute Gasteiger partial charge is 0.495 e. The molecule has 0 aromatic heterocycles. The van der Waals surface area contributed by atoms with Gasteiger partial charge in [-0.2, -0.15) is 0 Å².